The Hall–Kier alpha value is -2.55. The summed E-state index contributed by atoms with van der Waals surface area (Å²) in [6.45, 7) is 4.50. The molecule has 3 aromatic rings. The molecule has 0 spiro atoms. The smallest absolute Gasteiger partial charge is 0.141 e. The van der Waals surface area contributed by atoms with Crippen LogP contribution in [0.3, 0.4) is 0 Å². The van der Waals surface area contributed by atoms with E-state index in [0.29, 0.717) is 5.92 Å². The molecule has 29 heavy (non-hydrogen) atoms. The van der Waals surface area contributed by atoms with Crippen molar-refractivity contribution in [3.63, 3.8) is 0 Å². The van der Waals surface area contributed by atoms with Gasteiger partial charge in [-0.25, -0.2) is 8.76 Å². The third kappa shape index (κ3) is 3.83. The molecule has 4 rings (SSSR count). The Morgan fingerprint density at radius 2 is 2.10 bits per heavy atom. The summed E-state index contributed by atoms with van der Waals surface area (Å²) in [6.07, 6.45) is 4.86. The highest BCUT2D eigenvalue weighted by Crippen LogP contribution is 2.44. The van der Waals surface area contributed by atoms with Crippen molar-refractivity contribution < 1.29 is 4.39 Å². The van der Waals surface area contributed by atoms with Gasteiger partial charge in [0.1, 0.15) is 11.9 Å². The van der Waals surface area contributed by atoms with Gasteiger partial charge in [-0.15, -0.1) is 0 Å². The topological polar surface area (TPSA) is 62.7 Å². The predicted octanol–water partition coefficient (Wildman–Crippen LogP) is 5.79. The van der Waals surface area contributed by atoms with Gasteiger partial charge in [-0.3, -0.25) is 0 Å². The first-order valence-electron chi connectivity index (χ1n) is 9.87. The number of hydrogen-bond acceptors (Lipinski definition) is 4. The Kier molecular flexibility index (Phi) is 5.24. The maximum absolute atomic E-state index is 14.3. The molecule has 148 valence electrons. The maximum Gasteiger partial charge on any atom is 0.141 e. The molecule has 0 amide bonds. The van der Waals surface area contributed by atoms with Gasteiger partial charge in [0.25, 0.3) is 0 Å². The van der Waals surface area contributed by atoms with Gasteiger partial charge in [0.2, 0.25) is 0 Å². The summed E-state index contributed by atoms with van der Waals surface area (Å²) in [5, 5.41) is 9.05. The fourth-order valence-corrected chi connectivity index (χ4v) is 5.23. The van der Waals surface area contributed by atoms with Crippen LogP contribution < -0.4 is 5.73 Å². The van der Waals surface area contributed by atoms with Crippen molar-refractivity contribution in [1.82, 2.24) is 4.37 Å². The lowest BCUT2D eigenvalue weighted by Crippen LogP contribution is -2.31. The summed E-state index contributed by atoms with van der Waals surface area (Å²) in [6, 6.07) is 15.2. The van der Waals surface area contributed by atoms with E-state index in [1.165, 1.54) is 23.2 Å². The lowest BCUT2D eigenvalue weighted by atomic mass is 9.85. The quantitative estimate of drug-likeness (QED) is 0.597. The molecule has 1 aliphatic rings. The van der Waals surface area contributed by atoms with Gasteiger partial charge in [-0.2, -0.15) is 5.26 Å². The number of benzene rings is 2. The molecule has 0 radical (unpaired) electrons. The van der Waals surface area contributed by atoms with Gasteiger partial charge in [-0.05, 0) is 77.0 Å². The van der Waals surface area contributed by atoms with Gasteiger partial charge in [0.05, 0.1) is 10.4 Å². The van der Waals surface area contributed by atoms with E-state index in [2.05, 4.69) is 24.3 Å². The lowest BCUT2D eigenvalue weighted by molar-refractivity contribution is 0.323. The molecule has 1 heterocycles. The van der Waals surface area contributed by atoms with Crippen LogP contribution in [0.15, 0.2) is 48.7 Å². The number of halogens is 1. The number of nitriles is 1. The van der Waals surface area contributed by atoms with Crippen LogP contribution in [0.2, 0.25) is 0 Å². The molecular weight excluding hydrogens is 381 g/mol. The van der Waals surface area contributed by atoms with Crippen molar-refractivity contribution in [3.8, 4) is 27.6 Å². The van der Waals surface area contributed by atoms with E-state index in [1.54, 1.807) is 12.3 Å². The normalized spacial score (nSPS) is 20.5. The average Bonchev–Trinajstić information content (AvgIpc) is 3.29. The van der Waals surface area contributed by atoms with E-state index in [0.717, 1.165) is 40.8 Å². The second kappa shape index (κ2) is 7.70. The highest BCUT2D eigenvalue weighted by atomic mass is 32.1. The molecule has 1 aliphatic carbocycles. The minimum absolute atomic E-state index is 0.0615. The lowest BCUT2D eigenvalue weighted by Gasteiger charge is -2.22. The zero-order valence-electron chi connectivity index (χ0n) is 16.7. The first-order valence-corrected chi connectivity index (χ1v) is 10.6. The van der Waals surface area contributed by atoms with Crippen molar-refractivity contribution in [1.29, 1.82) is 5.26 Å². The zero-order valence-corrected chi connectivity index (χ0v) is 17.5. The van der Waals surface area contributed by atoms with Crippen molar-refractivity contribution in [2.24, 2.45) is 17.1 Å². The van der Waals surface area contributed by atoms with Crippen LogP contribution in [0.25, 0.3) is 21.6 Å². The SMILES string of the molecule is CC1(C)CC(Cc2cccc(-c3ccc(C#N)c(F)c3)c2-c2ccns2)CC1N. The van der Waals surface area contributed by atoms with Crippen LogP contribution >= 0.6 is 11.5 Å². The fourth-order valence-electron chi connectivity index (χ4n) is 4.54. The standard InChI is InChI=1S/C24H24FN3S/c1-24(2)13-15(11-22(24)27)10-17-4-3-5-19(23(17)21-8-9-28-29-21)16-6-7-18(14-26)20(25)12-16/h3-9,12,15,22H,10-11,13,27H2,1-2H3. The van der Waals surface area contributed by atoms with E-state index in [1.807, 2.05) is 30.3 Å². The minimum atomic E-state index is -0.492. The van der Waals surface area contributed by atoms with Crippen molar-refractivity contribution in [3.05, 3.63) is 65.6 Å². The molecule has 2 aromatic carbocycles. The van der Waals surface area contributed by atoms with Crippen molar-refractivity contribution >= 4 is 11.5 Å². The van der Waals surface area contributed by atoms with Crippen LogP contribution in [-0.4, -0.2) is 10.4 Å². The van der Waals surface area contributed by atoms with Crippen LogP contribution in [0.4, 0.5) is 4.39 Å². The Labute approximate surface area is 175 Å². The highest BCUT2D eigenvalue weighted by molar-refractivity contribution is 7.09. The Morgan fingerprint density at radius 1 is 1.28 bits per heavy atom. The fraction of sp³-hybridized carbons (Fsp3) is 0.333. The Morgan fingerprint density at radius 3 is 2.72 bits per heavy atom. The predicted molar refractivity (Wildman–Crippen MR) is 116 cm³/mol. The van der Waals surface area contributed by atoms with Gasteiger partial charge >= 0.3 is 0 Å². The van der Waals surface area contributed by atoms with Crippen LogP contribution in [-0.2, 0) is 6.42 Å². The number of rotatable bonds is 4. The Balaban J connectivity index is 1.79. The van der Waals surface area contributed by atoms with Crippen LogP contribution in [0.5, 0.6) is 0 Å². The molecule has 2 N–H and O–H groups in total. The van der Waals surface area contributed by atoms with Gasteiger partial charge < -0.3 is 5.73 Å². The van der Waals surface area contributed by atoms with E-state index in [4.69, 9.17) is 11.0 Å². The zero-order chi connectivity index (χ0) is 20.6. The summed E-state index contributed by atoms with van der Waals surface area (Å²) in [4.78, 5) is 1.07. The highest BCUT2D eigenvalue weighted by Gasteiger charge is 2.38. The van der Waals surface area contributed by atoms with E-state index in [9.17, 15) is 4.39 Å². The molecule has 1 fully saturated rings. The van der Waals surface area contributed by atoms with E-state index in [-0.39, 0.29) is 17.0 Å². The minimum Gasteiger partial charge on any atom is -0.327 e. The molecule has 1 saturated carbocycles. The number of aromatic nitrogens is 1. The largest absolute Gasteiger partial charge is 0.327 e. The third-order valence-electron chi connectivity index (χ3n) is 6.15. The summed E-state index contributed by atoms with van der Waals surface area (Å²) < 4.78 is 18.6. The van der Waals surface area contributed by atoms with Crippen molar-refractivity contribution in [2.45, 2.75) is 39.2 Å². The summed E-state index contributed by atoms with van der Waals surface area (Å²) in [5.41, 5.74) is 10.7. The molecule has 0 saturated heterocycles. The summed E-state index contributed by atoms with van der Waals surface area (Å²) >= 11 is 1.45. The number of nitrogens with zero attached hydrogens (tertiary/aromatic N) is 2. The molecule has 2 unspecified atom stereocenters. The van der Waals surface area contributed by atoms with E-state index < -0.39 is 5.82 Å². The number of nitrogens with two attached hydrogens (primary N) is 1. The first kappa shape index (κ1) is 19.8. The van der Waals surface area contributed by atoms with Crippen molar-refractivity contribution in [2.75, 3.05) is 0 Å². The second-order valence-electron chi connectivity index (χ2n) is 8.63. The van der Waals surface area contributed by atoms with E-state index >= 15 is 0 Å². The molecule has 2 atom stereocenters. The average molecular weight is 406 g/mol. The summed E-state index contributed by atoms with van der Waals surface area (Å²) in [7, 11) is 0. The van der Waals surface area contributed by atoms with Crippen LogP contribution in [0, 0.1) is 28.5 Å². The van der Waals surface area contributed by atoms with Crippen LogP contribution in [0.1, 0.15) is 37.8 Å². The number of hydrogen-bond donors (Lipinski definition) is 1. The Bertz CT molecular complexity index is 1070. The second-order valence-corrected chi connectivity index (χ2v) is 9.46. The molecule has 3 nitrogen and oxygen atoms in total. The third-order valence-corrected chi connectivity index (χ3v) is 6.91. The molecule has 0 bridgehead atoms. The monoisotopic (exact) mass is 405 g/mol. The summed E-state index contributed by atoms with van der Waals surface area (Å²) in [5.74, 6) is 0.0359. The molecular formula is C24H24FN3S. The van der Waals surface area contributed by atoms with Gasteiger partial charge in [0.15, 0.2) is 0 Å². The first-order chi connectivity index (χ1) is 13.9. The molecule has 0 aliphatic heterocycles. The molecule has 5 heteroatoms. The molecule has 1 aromatic heterocycles. The van der Waals surface area contributed by atoms with Gasteiger partial charge in [0, 0.05) is 17.8 Å². The van der Waals surface area contributed by atoms with Gasteiger partial charge in [-0.1, -0.05) is 38.1 Å². The maximum atomic E-state index is 14.3.